The molecule has 1 aliphatic rings. The molecule has 0 aromatic heterocycles. The van der Waals surface area contributed by atoms with Crippen LogP contribution in [0.15, 0.2) is 24.3 Å². The lowest BCUT2D eigenvalue weighted by Gasteiger charge is -2.26. The number of nitrogens with zero attached hydrogens (tertiary/aromatic N) is 1. The van der Waals surface area contributed by atoms with Gasteiger partial charge in [-0.2, -0.15) is 4.31 Å². The van der Waals surface area contributed by atoms with E-state index in [0.29, 0.717) is 25.2 Å². The molecule has 3 N–H and O–H groups in total. The molecule has 0 atom stereocenters. The van der Waals surface area contributed by atoms with Crippen LogP contribution >= 0.6 is 0 Å². The van der Waals surface area contributed by atoms with Crippen LogP contribution in [0, 0.1) is 0 Å². The predicted octanol–water partition coefficient (Wildman–Crippen LogP) is -0.593. The number of carbonyl (C=O) groups excluding carboxylic acids is 1. The summed E-state index contributed by atoms with van der Waals surface area (Å²) in [5.74, 6) is -0.380. The first-order valence-corrected chi connectivity index (χ1v) is 7.65. The number of hydrogen-bond acceptors (Lipinski definition) is 4. The average Bonchev–Trinajstić information content (AvgIpc) is 2.39. The molecular weight excluding hydrogens is 266 g/mol. The summed E-state index contributed by atoms with van der Waals surface area (Å²) >= 11 is 0. The summed E-state index contributed by atoms with van der Waals surface area (Å²) in [6.07, 6.45) is 0. The van der Waals surface area contributed by atoms with Crippen molar-refractivity contribution in [3.05, 3.63) is 35.4 Å². The lowest BCUT2D eigenvalue weighted by molar-refractivity contribution is -0.122. The van der Waals surface area contributed by atoms with Crippen LogP contribution in [0.2, 0.25) is 0 Å². The van der Waals surface area contributed by atoms with Crippen molar-refractivity contribution < 1.29 is 13.2 Å². The quantitative estimate of drug-likeness (QED) is 0.772. The van der Waals surface area contributed by atoms with Gasteiger partial charge < -0.3 is 11.1 Å². The van der Waals surface area contributed by atoms with E-state index in [2.05, 4.69) is 5.32 Å². The van der Waals surface area contributed by atoms with Gasteiger partial charge in [0.05, 0.1) is 12.3 Å². The third kappa shape index (κ3) is 3.31. The van der Waals surface area contributed by atoms with Crippen LogP contribution in [-0.2, 0) is 27.1 Å². The van der Waals surface area contributed by atoms with Crippen LogP contribution in [0.3, 0.4) is 0 Å². The van der Waals surface area contributed by atoms with E-state index in [1.807, 2.05) is 12.1 Å². The smallest absolute Gasteiger partial charge is 0.235 e. The number of nitrogens with one attached hydrogen (secondary N) is 1. The number of piperazine rings is 1. The van der Waals surface area contributed by atoms with E-state index in [0.717, 1.165) is 5.56 Å². The minimum Gasteiger partial charge on any atom is -0.354 e. The van der Waals surface area contributed by atoms with E-state index in [9.17, 15) is 13.2 Å². The summed E-state index contributed by atoms with van der Waals surface area (Å²) < 4.78 is 25.8. The van der Waals surface area contributed by atoms with E-state index >= 15 is 0 Å². The number of benzene rings is 1. The van der Waals surface area contributed by atoms with Crippen molar-refractivity contribution in [2.45, 2.75) is 12.3 Å². The van der Waals surface area contributed by atoms with Gasteiger partial charge in [-0.25, -0.2) is 8.42 Å². The molecule has 104 valence electrons. The van der Waals surface area contributed by atoms with Crippen molar-refractivity contribution in [3.8, 4) is 0 Å². The molecule has 7 heteroatoms. The van der Waals surface area contributed by atoms with Crippen molar-refractivity contribution in [2.75, 3.05) is 19.6 Å². The molecule has 1 fully saturated rings. The lowest BCUT2D eigenvalue weighted by atomic mass is 10.1. The zero-order valence-corrected chi connectivity index (χ0v) is 11.3. The van der Waals surface area contributed by atoms with Gasteiger partial charge in [0.15, 0.2) is 0 Å². The Labute approximate surface area is 112 Å². The average molecular weight is 283 g/mol. The zero-order chi connectivity index (χ0) is 13.9. The van der Waals surface area contributed by atoms with Crippen molar-refractivity contribution >= 4 is 15.9 Å². The molecule has 0 saturated carbocycles. The minimum absolute atomic E-state index is 0.104. The standard InChI is InChI=1S/C12H17N3O3S/c13-7-10-3-1-2-4-11(10)9-19(17,18)15-6-5-14-12(16)8-15/h1-4H,5-9,13H2,(H,14,16). The number of amides is 1. The van der Waals surface area contributed by atoms with Crippen LogP contribution in [0.4, 0.5) is 0 Å². The second-order valence-electron chi connectivity index (χ2n) is 4.41. The summed E-state index contributed by atoms with van der Waals surface area (Å²) in [7, 11) is -3.48. The van der Waals surface area contributed by atoms with Gasteiger partial charge in [-0.3, -0.25) is 4.79 Å². The van der Waals surface area contributed by atoms with Gasteiger partial charge >= 0.3 is 0 Å². The molecule has 1 saturated heterocycles. The fraction of sp³-hybridized carbons (Fsp3) is 0.417. The molecule has 2 rings (SSSR count). The Morgan fingerprint density at radius 1 is 1.26 bits per heavy atom. The Morgan fingerprint density at radius 2 is 1.95 bits per heavy atom. The van der Waals surface area contributed by atoms with Crippen molar-refractivity contribution in [3.63, 3.8) is 0 Å². The molecule has 1 aliphatic heterocycles. The molecule has 1 aromatic rings. The van der Waals surface area contributed by atoms with Crippen LogP contribution in [0.5, 0.6) is 0 Å². The Bertz CT molecular complexity index is 571. The first kappa shape index (κ1) is 14.0. The summed E-state index contributed by atoms with van der Waals surface area (Å²) in [6, 6.07) is 7.18. The van der Waals surface area contributed by atoms with Gasteiger partial charge in [0.1, 0.15) is 0 Å². The normalized spacial score (nSPS) is 17.2. The van der Waals surface area contributed by atoms with Gasteiger partial charge in [0.25, 0.3) is 0 Å². The maximum Gasteiger partial charge on any atom is 0.235 e. The van der Waals surface area contributed by atoms with Gasteiger partial charge in [-0.15, -0.1) is 0 Å². The van der Waals surface area contributed by atoms with Crippen LogP contribution < -0.4 is 11.1 Å². The Morgan fingerprint density at radius 3 is 2.58 bits per heavy atom. The van der Waals surface area contributed by atoms with E-state index < -0.39 is 10.0 Å². The van der Waals surface area contributed by atoms with Gasteiger partial charge in [-0.1, -0.05) is 24.3 Å². The summed E-state index contributed by atoms with van der Waals surface area (Å²) in [6.45, 7) is 0.870. The Hall–Kier alpha value is -1.44. The van der Waals surface area contributed by atoms with E-state index in [1.165, 1.54) is 4.31 Å². The van der Waals surface area contributed by atoms with E-state index in [1.54, 1.807) is 12.1 Å². The lowest BCUT2D eigenvalue weighted by Crippen LogP contribution is -2.50. The molecule has 0 spiro atoms. The highest BCUT2D eigenvalue weighted by molar-refractivity contribution is 7.88. The van der Waals surface area contributed by atoms with Crippen LogP contribution in [0.25, 0.3) is 0 Å². The summed E-state index contributed by atoms with van der Waals surface area (Å²) in [5.41, 5.74) is 7.10. The predicted molar refractivity (Wildman–Crippen MR) is 71.5 cm³/mol. The summed E-state index contributed by atoms with van der Waals surface area (Å²) in [4.78, 5) is 11.3. The molecule has 1 heterocycles. The maximum atomic E-state index is 12.3. The zero-order valence-electron chi connectivity index (χ0n) is 10.5. The van der Waals surface area contributed by atoms with Crippen molar-refractivity contribution in [1.29, 1.82) is 0 Å². The second-order valence-corrected chi connectivity index (χ2v) is 6.38. The maximum absolute atomic E-state index is 12.3. The first-order chi connectivity index (χ1) is 9.03. The number of hydrogen-bond donors (Lipinski definition) is 2. The number of carbonyl (C=O) groups is 1. The highest BCUT2D eigenvalue weighted by Crippen LogP contribution is 2.15. The molecule has 0 radical (unpaired) electrons. The van der Waals surface area contributed by atoms with E-state index in [-0.39, 0.29) is 18.2 Å². The van der Waals surface area contributed by atoms with E-state index in [4.69, 9.17) is 5.73 Å². The largest absolute Gasteiger partial charge is 0.354 e. The van der Waals surface area contributed by atoms with Gasteiger partial charge in [0.2, 0.25) is 15.9 Å². The molecule has 0 bridgehead atoms. The topological polar surface area (TPSA) is 92.5 Å². The Kier molecular flexibility index (Phi) is 4.18. The molecule has 1 aromatic carbocycles. The number of nitrogens with two attached hydrogens (primary N) is 1. The van der Waals surface area contributed by atoms with Crippen LogP contribution in [-0.4, -0.2) is 38.3 Å². The van der Waals surface area contributed by atoms with Crippen LogP contribution in [0.1, 0.15) is 11.1 Å². The number of rotatable bonds is 4. The fourth-order valence-corrected chi connectivity index (χ4v) is 3.58. The van der Waals surface area contributed by atoms with Gasteiger partial charge in [-0.05, 0) is 11.1 Å². The van der Waals surface area contributed by atoms with Gasteiger partial charge in [0, 0.05) is 19.6 Å². The van der Waals surface area contributed by atoms with Crippen molar-refractivity contribution in [2.24, 2.45) is 5.73 Å². The fourth-order valence-electron chi connectivity index (χ4n) is 2.04. The minimum atomic E-state index is -3.48. The highest BCUT2D eigenvalue weighted by Gasteiger charge is 2.28. The SMILES string of the molecule is NCc1ccccc1CS(=O)(=O)N1CCNC(=O)C1. The third-order valence-electron chi connectivity index (χ3n) is 3.07. The molecule has 19 heavy (non-hydrogen) atoms. The first-order valence-electron chi connectivity index (χ1n) is 6.04. The highest BCUT2D eigenvalue weighted by atomic mass is 32.2. The second kappa shape index (κ2) is 5.68. The molecule has 6 nitrogen and oxygen atoms in total. The number of sulfonamides is 1. The van der Waals surface area contributed by atoms with Crippen molar-refractivity contribution in [1.82, 2.24) is 9.62 Å². The molecule has 1 amide bonds. The third-order valence-corrected chi connectivity index (χ3v) is 4.85. The summed E-state index contributed by atoms with van der Waals surface area (Å²) in [5, 5.41) is 2.61. The monoisotopic (exact) mass is 283 g/mol. The Balaban J connectivity index is 2.19. The molecular formula is C12H17N3O3S. The molecule has 0 aliphatic carbocycles. The molecule has 0 unspecified atom stereocenters.